The summed E-state index contributed by atoms with van der Waals surface area (Å²) in [5.41, 5.74) is 2.30. The molecule has 0 heterocycles. The van der Waals surface area contributed by atoms with Gasteiger partial charge in [-0.05, 0) is 31.5 Å². The predicted molar refractivity (Wildman–Crippen MR) is 99.6 cm³/mol. The summed E-state index contributed by atoms with van der Waals surface area (Å²) in [6, 6.07) is 20.0. The average Bonchev–Trinajstić information content (AvgIpc) is 2.56. The van der Waals surface area contributed by atoms with Crippen molar-refractivity contribution in [1.29, 1.82) is 10.8 Å². The Morgan fingerprint density at radius 1 is 0.783 bits per heavy atom. The van der Waals surface area contributed by atoms with Crippen molar-refractivity contribution >= 4 is 17.4 Å². The van der Waals surface area contributed by atoms with Crippen molar-refractivity contribution in [3.8, 4) is 0 Å². The van der Waals surface area contributed by atoms with Crippen LogP contribution in [0.4, 0.5) is 5.69 Å². The number of amidine groups is 2. The molecule has 0 atom stereocenters. The topological polar surface area (TPSA) is 54.2 Å². The second kappa shape index (κ2) is 9.41. The fourth-order valence-corrected chi connectivity index (χ4v) is 1.82. The summed E-state index contributed by atoms with van der Waals surface area (Å²) in [6.45, 7) is 4.38. The molecule has 0 bridgehead atoms. The van der Waals surface area contributed by atoms with E-state index in [2.05, 4.69) is 12.1 Å². The van der Waals surface area contributed by atoms with Crippen LogP contribution in [0.15, 0.2) is 60.7 Å². The summed E-state index contributed by atoms with van der Waals surface area (Å²) >= 11 is 0. The molecule has 0 spiro atoms. The number of hydrogen-bond acceptors (Lipinski definition) is 2. The van der Waals surface area contributed by atoms with E-state index in [1.165, 1.54) is 5.56 Å². The molecule has 0 aliphatic carbocycles. The molecule has 0 saturated heterocycles. The number of nitrogens with one attached hydrogen (secondary N) is 2. The summed E-state index contributed by atoms with van der Waals surface area (Å²) in [5.74, 6) is 1.15. The molecular formula is C19H26N4. The van der Waals surface area contributed by atoms with Gasteiger partial charge in [-0.1, -0.05) is 48.5 Å². The van der Waals surface area contributed by atoms with Gasteiger partial charge < -0.3 is 9.80 Å². The first kappa shape index (κ1) is 18.4. The lowest BCUT2D eigenvalue weighted by molar-refractivity contribution is 0.494. The number of anilines is 1. The number of benzene rings is 2. The maximum Gasteiger partial charge on any atom is 0.0967 e. The monoisotopic (exact) mass is 310 g/mol. The van der Waals surface area contributed by atoms with Crippen LogP contribution in [0.5, 0.6) is 0 Å². The highest BCUT2D eigenvalue weighted by atomic mass is 15.1. The molecule has 2 aromatic carbocycles. The van der Waals surface area contributed by atoms with Gasteiger partial charge in [0.15, 0.2) is 0 Å². The summed E-state index contributed by atoms with van der Waals surface area (Å²) in [4.78, 5) is 3.75. The quantitative estimate of drug-likeness (QED) is 0.658. The molecule has 4 nitrogen and oxygen atoms in total. The van der Waals surface area contributed by atoms with Gasteiger partial charge in [0.05, 0.1) is 11.7 Å². The third-order valence-corrected chi connectivity index (χ3v) is 3.48. The Morgan fingerprint density at radius 2 is 1.26 bits per heavy atom. The van der Waals surface area contributed by atoms with E-state index in [4.69, 9.17) is 10.8 Å². The summed E-state index contributed by atoms with van der Waals surface area (Å²) in [6.07, 6.45) is 0. The molecule has 0 radical (unpaired) electrons. The zero-order chi connectivity index (χ0) is 17.2. The number of nitrogens with zero attached hydrogens (tertiary/aromatic N) is 2. The molecule has 0 saturated carbocycles. The molecule has 2 rings (SSSR count). The first-order valence-corrected chi connectivity index (χ1v) is 7.56. The first-order chi connectivity index (χ1) is 10.9. The Hall–Kier alpha value is -2.62. The van der Waals surface area contributed by atoms with Crippen LogP contribution < -0.4 is 4.90 Å². The molecule has 0 aliphatic rings. The van der Waals surface area contributed by atoms with Gasteiger partial charge in [-0.25, -0.2) is 0 Å². The highest BCUT2D eigenvalue weighted by Crippen LogP contribution is 2.10. The van der Waals surface area contributed by atoms with Crippen molar-refractivity contribution < 1.29 is 0 Å². The van der Waals surface area contributed by atoms with E-state index >= 15 is 0 Å². The summed E-state index contributed by atoms with van der Waals surface area (Å²) in [7, 11) is 3.81. The molecule has 0 amide bonds. The van der Waals surface area contributed by atoms with Crippen LogP contribution in [-0.2, 0) is 6.54 Å². The highest BCUT2D eigenvalue weighted by molar-refractivity contribution is 5.92. The van der Waals surface area contributed by atoms with Gasteiger partial charge in [-0.3, -0.25) is 10.8 Å². The Bertz CT molecular complexity index is 608. The molecule has 2 aromatic rings. The SMILES string of the molecule is CC(=N)N(C)Cc1ccccc1.CC(=N)N(C)c1ccccc1. The van der Waals surface area contributed by atoms with E-state index in [0.717, 1.165) is 12.2 Å². The smallest absolute Gasteiger partial charge is 0.0967 e. The summed E-state index contributed by atoms with van der Waals surface area (Å²) in [5, 5.41) is 14.7. The molecule has 0 aromatic heterocycles. The van der Waals surface area contributed by atoms with Gasteiger partial charge in [0.25, 0.3) is 0 Å². The predicted octanol–water partition coefficient (Wildman–Crippen LogP) is 4.24. The van der Waals surface area contributed by atoms with Crippen LogP contribution in [-0.4, -0.2) is 30.7 Å². The fourth-order valence-electron chi connectivity index (χ4n) is 1.82. The summed E-state index contributed by atoms with van der Waals surface area (Å²) < 4.78 is 0. The van der Waals surface area contributed by atoms with Crippen LogP contribution in [0.2, 0.25) is 0 Å². The lowest BCUT2D eigenvalue weighted by Gasteiger charge is -2.16. The molecular weight excluding hydrogens is 284 g/mol. The van der Waals surface area contributed by atoms with E-state index < -0.39 is 0 Å². The van der Waals surface area contributed by atoms with Crippen molar-refractivity contribution in [2.45, 2.75) is 20.4 Å². The minimum absolute atomic E-state index is 0.552. The Morgan fingerprint density at radius 3 is 1.70 bits per heavy atom. The lowest BCUT2D eigenvalue weighted by atomic mass is 10.2. The van der Waals surface area contributed by atoms with Gasteiger partial charge in [0.1, 0.15) is 0 Å². The Balaban J connectivity index is 0.000000231. The number of hydrogen-bond donors (Lipinski definition) is 2. The van der Waals surface area contributed by atoms with E-state index in [0.29, 0.717) is 11.7 Å². The van der Waals surface area contributed by atoms with E-state index in [1.54, 1.807) is 13.8 Å². The molecule has 2 N–H and O–H groups in total. The van der Waals surface area contributed by atoms with Gasteiger partial charge >= 0.3 is 0 Å². The van der Waals surface area contributed by atoms with Crippen molar-refractivity contribution in [1.82, 2.24) is 4.90 Å². The van der Waals surface area contributed by atoms with Gasteiger partial charge in [-0.15, -0.1) is 0 Å². The molecule has 122 valence electrons. The second-order valence-corrected chi connectivity index (χ2v) is 5.41. The third kappa shape index (κ3) is 6.78. The van der Waals surface area contributed by atoms with Crippen molar-refractivity contribution in [2.75, 3.05) is 19.0 Å². The van der Waals surface area contributed by atoms with Crippen LogP contribution >= 0.6 is 0 Å². The highest BCUT2D eigenvalue weighted by Gasteiger charge is 1.99. The standard InChI is InChI=1S/C10H14N2.C9H12N2/c1-9(11)12(2)8-10-6-4-3-5-7-10;1-8(10)11(2)9-6-4-3-5-7-9/h3-7,11H,8H2,1-2H3;3-7,10H,1-2H3. The average molecular weight is 310 g/mol. The van der Waals surface area contributed by atoms with Crippen molar-refractivity contribution in [3.05, 3.63) is 66.2 Å². The van der Waals surface area contributed by atoms with Gasteiger partial charge in [0.2, 0.25) is 0 Å². The zero-order valence-corrected chi connectivity index (χ0v) is 14.4. The largest absolute Gasteiger partial charge is 0.360 e. The lowest BCUT2D eigenvalue weighted by Crippen LogP contribution is -2.22. The molecule has 0 aliphatic heterocycles. The van der Waals surface area contributed by atoms with Crippen LogP contribution in [0, 0.1) is 10.8 Å². The number of para-hydroxylation sites is 1. The van der Waals surface area contributed by atoms with E-state index in [1.807, 2.05) is 72.4 Å². The maximum absolute atomic E-state index is 7.38. The Labute approximate surface area is 139 Å². The minimum Gasteiger partial charge on any atom is -0.360 e. The molecule has 0 unspecified atom stereocenters. The van der Waals surface area contributed by atoms with Crippen LogP contribution in [0.25, 0.3) is 0 Å². The first-order valence-electron chi connectivity index (χ1n) is 7.56. The van der Waals surface area contributed by atoms with E-state index in [-0.39, 0.29) is 0 Å². The van der Waals surface area contributed by atoms with Crippen LogP contribution in [0.3, 0.4) is 0 Å². The number of rotatable bonds is 3. The van der Waals surface area contributed by atoms with Crippen LogP contribution in [0.1, 0.15) is 19.4 Å². The van der Waals surface area contributed by atoms with Crippen molar-refractivity contribution in [2.24, 2.45) is 0 Å². The Kier molecular flexibility index (Phi) is 7.54. The second-order valence-electron chi connectivity index (χ2n) is 5.41. The third-order valence-electron chi connectivity index (χ3n) is 3.48. The van der Waals surface area contributed by atoms with Crippen molar-refractivity contribution in [3.63, 3.8) is 0 Å². The molecule has 23 heavy (non-hydrogen) atoms. The van der Waals surface area contributed by atoms with Gasteiger partial charge in [-0.2, -0.15) is 0 Å². The minimum atomic E-state index is 0.552. The van der Waals surface area contributed by atoms with E-state index in [9.17, 15) is 0 Å². The normalized spacial score (nSPS) is 9.39. The zero-order valence-electron chi connectivity index (χ0n) is 14.4. The molecule has 4 heteroatoms. The maximum atomic E-state index is 7.38. The van der Waals surface area contributed by atoms with Gasteiger partial charge in [0, 0.05) is 26.3 Å². The molecule has 0 fully saturated rings. The fraction of sp³-hybridized carbons (Fsp3) is 0.263.